The van der Waals surface area contributed by atoms with Gasteiger partial charge in [-0.15, -0.1) is 0 Å². The third kappa shape index (κ3) is 2.66. The van der Waals surface area contributed by atoms with E-state index in [1.807, 2.05) is 0 Å². The molecule has 1 rings (SSSR count). The second-order valence-electron chi connectivity index (χ2n) is 4.75. The molecule has 0 aromatic rings. The zero-order valence-corrected chi connectivity index (χ0v) is 8.79. The Balaban J connectivity index is 2.39. The van der Waals surface area contributed by atoms with Crippen LogP contribution in [0.25, 0.3) is 0 Å². The molecule has 3 heteroatoms. The molecule has 0 spiro atoms. The number of aliphatic hydroxyl groups is 1. The van der Waals surface area contributed by atoms with Crippen LogP contribution in [0.1, 0.15) is 20.3 Å². The maximum atomic E-state index is 9.19. The molecular formula is C10H22N2O. The molecule has 0 aromatic heterocycles. The summed E-state index contributed by atoms with van der Waals surface area (Å²) >= 11 is 0. The van der Waals surface area contributed by atoms with Gasteiger partial charge < -0.3 is 15.7 Å². The van der Waals surface area contributed by atoms with Crippen LogP contribution in [0.15, 0.2) is 0 Å². The summed E-state index contributed by atoms with van der Waals surface area (Å²) in [7, 11) is 0. The Bertz CT molecular complexity index is 159. The van der Waals surface area contributed by atoms with Crippen molar-refractivity contribution in [3.63, 3.8) is 0 Å². The van der Waals surface area contributed by atoms with E-state index in [-0.39, 0.29) is 5.41 Å². The fourth-order valence-corrected chi connectivity index (χ4v) is 2.12. The molecule has 0 aromatic carbocycles. The van der Waals surface area contributed by atoms with Gasteiger partial charge in [0.25, 0.3) is 0 Å². The van der Waals surface area contributed by atoms with Gasteiger partial charge in [-0.2, -0.15) is 0 Å². The standard InChI is InChI=1S/C10H22N2O/c1-10(2)8-12(5-3-4-11)6-9(10)7-13/h9,13H,3-8,11H2,1-2H3. The van der Waals surface area contributed by atoms with Crippen LogP contribution >= 0.6 is 0 Å². The number of likely N-dealkylation sites (tertiary alicyclic amines) is 1. The summed E-state index contributed by atoms with van der Waals surface area (Å²) in [5.41, 5.74) is 5.73. The monoisotopic (exact) mass is 186 g/mol. The molecule has 0 radical (unpaired) electrons. The number of nitrogens with two attached hydrogens (primary N) is 1. The smallest absolute Gasteiger partial charge is 0.0477 e. The number of hydrogen-bond acceptors (Lipinski definition) is 3. The van der Waals surface area contributed by atoms with Gasteiger partial charge in [0.15, 0.2) is 0 Å². The molecule has 3 N–H and O–H groups in total. The van der Waals surface area contributed by atoms with Gasteiger partial charge in [-0.3, -0.25) is 0 Å². The van der Waals surface area contributed by atoms with Gasteiger partial charge in [0, 0.05) is 25.6 Å². The van der Waals surface area contributed by atoms with E-state index in [1.54, 1.807) is 0 Å². The number of hydrogen-bond donors (Lipinski definition) is 2. The number of nitrogens with zero attached hydrogens (tertiary/aromatic N) is 1. The summed E-state index contributed by atoms with van der Waals surface area (Å²) in [4.78, 5) is 2.41. The second kappa shape index (κ2) is 4.40. The molecule has 1 saturated heterocycles. The van der Waals surface area contributed by atoms with E-state index in [0.29, 0.717) is 12.5 Å². The van der Waals surface area contributed by atoms with Crippen LogP contribution in [0.3, 0.4) is 0 Å². The third-order valence-corrected chi connectivity index (χ3v) is 3.11. The molecular weight excluding hydrogens is 164 g/mol. The van der Waals surface area contributed by atoms with Crippen LogP contribution in [-0.4, -0.2) is 42.8 Å². The fraction of sp³-hybridized carbons (Fsp3) is 1.00. The molecule has 13 heavy (non-hydrogen) atoms. The van der Waals surface area contributed by atoms with Crippen LogP contribution in [0.4, 0.5) is 0 Å². The van der Waals surface area contributed by atoms with Crippen LogP contribution in [0.5, 0.6) is 0 Å². The highest BCUT2D eigenvalue weighted by Gasteiger charge is 2.38. The highest BCUT2D eigenvalue weighted by molar-refractivity contribution is 4.90. The first kappa shape index (κ1) is 11.0. The zero-order valence-electron chi connectivity index (χ0n) is 8.79. The van der Waals surface area contributed by atoms with E-state index < -0.39 is 0 Å². The van der Waals surface area contributed by atoms with Crippen molar-refractivity contribution in [1.82, 2.24) is 4.90 Å². The molecule has 78 valence electrons. The van der Waals surface area contributed by atoms with Gasteiger partial charge in [-0.05, 0) is 24.9 Å². The lowest BCUT2D eigenvalue weighted by atomic mass is 9.83. The summed E-state index contributed by atoms with van der Waals surface area (Å²) in [6.45, 7) is 8.75. The minimum atomic E-state index is 0.267. The molecule has 3 nitrogen and oxygen atoms in total. The highest BCUT2D eigenvalue weighted by Crippen LogP contribution is 2.34. The lowest BCUT2D eigenvalue weighted by Gasteiger charge is -2.23. The second-order valence-corrected chi connectivity index (χ2v) is 4.75. The minimum Gasteiger partial charge on any atom is -0.396 e. The van der Waals surface area contributed by atoms with Crippen molar-refractivity contribution in [2.75, 3.05) is 32.8 Å². The Morgan fingerprint density at radius 1 is 1.54 bits per heavy atom. The minimum absolute atomic E-state index is 0.267. The van der Waals surface area contributed by atoms with Gasteiger partial charge in [0.05, 0.1) is 0 Å². The summed E-state index contributed by atoms with van der Waals surface area (Å²) in [5, 5.41) is 9.19. The molecule has 0 bridgehead atoms. The van der Waals surface area contributed by atoms with E-state index in [9.17, 15) is 5.11 Å². The summed E-state index contributed by atoms with van der Waals surface area (Å²) in [5.74, 6) is 0.435. The van der Waals surface area contributed by atoms with E-state index in [0.717, 1.165) is 32.6 Å². The topological polar surface area (TPSA) is 49.5 Å². The zero-order chi connectivity index (χ0) is 9.90. The Kier molecular flexibility index (Phi) is 3.71. The van der Waals surface area contributed by atoms with Gasteiger partial charge in [0.1, 0.15) is 0 Å². The van der Waals surface area contributed by atoms with Crippen LogP contribution in [-0.2, 0) is 0 Å². The maximum absolute atomic E-state index is 9.19. The van der Waals surface area contributed by atoms with Crippen LogP contribution < -0.4 is 5.73 Å². The predicted molar refractivity (Wildman–Crippen MR) is 54.5 cm³/mol. The number of rotatable bonds is 4. The van der Waals surface area contributed by atoms with Gasteiger partial charge in [-0.1, -0.05) is 13.8 Å². The summed E-state index contributed by atoms with van der Waals surface area (Å²) < 4.78 is 0. The molecule has 1 unspecified atom stereocenters. The lowest BCUT2D eigenvalue weighted by molar-refractivity contribution is 0.161. The van der Waals surface area contributed by atoms with E-state index in [4.69, 9.17) is 5.73 Å². The fourth-order valence-electron chi connectivity index (χ4n) is 2.12. The molecule has 1 aliphatic rings. The Morgan fingerprint density at radius 2 is 2.23 bits per heavy atom. The van der Waals surface area contributed by atoms with E-state index >= 15 is 0 Å². The van der Waals surface area contributed by atoms with Crippen LogP contribution in [0.2, 0.25) is 0 Å². The first-order valence-corrected chi connectivity index (χ1v) is 5.13. The first-order chi connectivity index (χ1) is 6.10. The van der Waals surface area contributed by atoms with Crippen LogP contribution in [0, 0.1) is 11.3 Å². The van der Waals surface area contributed by atoms with Gasteiger partial charge >= 0.3 is 0 Å². The normalized spacial score (nSPS) is 28.2. The Hall–Kier alpha value is -0.120. The van der Waals surface area contributed by atoms with Crippen molar-refractivity contribution in [2.45, 2.75) is 20.3 Å². The average molecular weight is 186 g/mol. The predicted octanol–water partition coefficient (Wildman–Crippen LogP) is 0.286. The number of aliphatic hydroxyl groups excluding tert-OH is 1. The SMILES string of the molecule is CC1(C)CN(CCCN)CC1CO. The van der Waals surface area contributed by atoms with Crippen molar-refractivity contribution in [1.29, 1.82) is 0 Å². The van der Waals surface area contributed by atoms with Crippen molar-refractivity contribution in [3.8, 4) is 0 Å². The van der Waals surface area contributed by atoms with Crippen molar-refractivity contribution in [2.24, 2.45) is 17.1 Å². The van der Waals surface area contributed by atoms with E-state index in [2.05, 4.69) is 18.7 Å². The lowest BCUT2D eigenvalue weighted by Crippen LogP contribution is -2.26. The summed E-state index contributed by atoms with van der Waals surface area (Å²) in [6.07, 6.45) is 1.06. The van der Waals surface area contributed by atoms with Gasteiger partial charge in [-0.25, -0.2) is 0 Å². The molecule has 1 fully saturated rings. The molecule has 0 saturated carbocycles. The van der Waals surface area contributed by atoms with Crippen molar-refractivity contribution < 1.29 is 5.11 Å². The van der Waals surface area contributed by atoms with E-state index in [1.165, 1.54) is 0 Å². The Labute approximate surface area is 80.9 Å². The largest absolute Gasteiger partial charge is 0.396 e. The molecule has 0 aliphatic carbocycles. The average Bonchev–Trinajstić information content (AvgIpc) is 2.36. The third-order valence-electron chi connectivity index (χ3n) is 3.11. The van der Waals surface area contributed by atoms with Crippen molar-refractivity contribution in [3.05, 3.63) is 0 Å². The van der Waals surface area contributed by atoms with Gasteiger partial charge in [0.2, 0.25) is 0 Å². The first-order valence-electron chi connectivity index (χ1n) is 5.13. The maximum Gasteiger partial charge on any atom is 0.0477 e. The molecule has 1 aliphatic heterocycles. The highest BCUT2D eigenvalue weighted by atomic mass is 16.3. The molecule has 1 heterocycles. The van der Waals surface area contributed by atoms with Crippen molar-refractivity contribution >= 4 is 0 Å². The summed E-state index contributed by atoms with van der Waals surface area (Å²) in [6, 6.07) is 0. The Morgan fingerprint density at radius 3 is 2.69 bits per heavy atom. The quantitative estimate of drug-likeness (QED) is 0.663. The molecule has 0 amide bonds. The molecule has 1 atom stereocenters.